The molecule has 0 spiro atoms. The van der Waals surface area contributed by atoms with Crippen LogP contribution in [0.5, 0.6) is 0 Å². The summed E-state index contributed by atoms with van der Waals surface area (Å²) >= 11 is 0. The van der Waals surface area contributed by atoms with Gasteiger partial charge in [0.05, 0.1) is 5.58 Å². The second-order valence-electron chi connectivity index (χ2n) is 11.5. The number of hydrogen-bond donors (Lipinski definition) is 0. The molecule has 237 valence electrons. The molecule has 0 aliphatic heterocycles. The molecule has 0 saturated heterocycles. The summed E-state index contributed by atoms with van der Waals surface area (Å²) in [5.74, 6) is 0. The van der Waals surface area contributed by atoms with Gasteiger partial charge >= 0.3 is 0 Å². The molecule has 4 aromatic heterocycles. The van der Waals surface area contributed by atoms with Gasteiger partial charge in [0.25, 0.3) is 0 Å². The molecular weight excluding hydrogens is 779 g/mol. The molecule has 0 bridgehead atoms. The Morgan fingerprint density at radius 1 is 0.592 bits per heavy atom. The molecule has 4 nitrogen and oxygen atoms in total. The van der Waals surface area contributed by atoms with Gasteiger partial charge in [0.2, 0.25) is 0 Å². The fraction of sp³-hybridized carbons (Fsp3) is 0.0227. The third kappa shape index (κ3) is 6.30. The third-order valence-electron chi connectivity index (χ3n) is 8.52. The Bertz CT molecular complexity index is 2470. The van der Waals surface area contributed by atoms with Crippen LogP contribution in [0, 0.1) is 19.1 Å². The molecular formula is C44H29IrN3O-2. The van der Waals surface area contributed by atoms with E-state index in [1.807, 2.05) is 85.3 Å². The summed E-state index contributed by atoms with van der Waals surface area (Å²) in [7, 11) is 0. The number of hydrogen-bond acceptors (Lipinski definition) is 4. The molecule has 5 heteroatoms. The van der Waals surface area contributed by atoms with Crippen LogP contribution >= 0.6 is 0 Å². The molecule has 9 aromatic rings. The minimum absolute atomic E-state index is 0. The minimum atomic E-state index is 0. The molecule has 0 unspecified atom stereocenters. The van der Waals surface area contributed by atoms with Gasteiger partial charge in [-0.25, -0.2) is 0 Å². The number of pyridine rings is 3. The molecule has 0 saturated carbocycles. The molecule has 4 heterocycles. The molecule has 0 fully saturated rings. The SMILES string of the molecule is Cc1c[c-]c(-c2cc(-c3ccccc3)ccn2)c2oc3c(-c4cccc5ccncc45)cccc3c12.[Ir].[c-]1ccccc1-c1ccccn1. The number of nitrogens with zero attached hydrogens (tertiary/aromatic N) is 3. The summed E-state index contributed by atoms with van der Waals surface area (Å²) < 4.78 is 6.71. The topological polar surface area (TPSA) is 51.8 Å². The van der Waals surface area contributed by atoms with Crippen LogP contribution in [-0.4, -0.2) is 15.0 Å². The van der Waals surface area contributed by atoms with Crippen LogP contribution in [0.25, 0.3) is 77.5 Å². The Morgan fingerprint density at radius 3 is 2.24 bits per heavy atom. The van der Waals surface area contributed by atoms with E-state index in [2.05, 4.69) is 95.8 Å². The first-order valence-electron chi connectivity index (χ1n) is 15.8. The predicted molar refractivity (Wildman–Crippen MR) is 195 cm³/mol. The van der Waals surface area contributed by atoms with E-state index < -0.39 is 0 Å². The van der Waals surface area contributed by atoms with Crippen molar-refractivity contribution < 1.29 is 24.5 Å². The quantitative estimate of drug-likeness (QED) is 0.166. The average Bonchev–Trinajstić information content (AvgIpc) is 3.57. The van der Waals surface area contributed by atoms with E-state index >= 15 is 0 Å². The summed E-state index contributed by atoms with van der Waals surface area (Å²) in [5, 5.41) is 4.46. The summed E-state index contributed by atoms with van der Waals surface area (Å²) in [6.45, 7) is 2.11. The monoisotopic (exact) mass is 808 g/mol. The Balaban J connectivity index is 0.000000246. The number of furan rings is 1. The van der Waals surface area contributed by atoms with Crippen molar-refractivity contribution in [1.82, 2.24) is 15.0 Å². The summed E-state index contributed by atoms with van der Waals surface area (Å²) in [6.07, 6.45) is 7.40. The van der Waals surface area contributed by atoms with Crippen LogP contribution < -0.4 is 0 Å². The van der Waals surface area contributed by atoms with Crippen molar-refractivity contribution in [2.45, 2.75) is 6.92 Å². The van der Waals surface area contributed by atoms with Crippen LogP contribution in [0.3, 0.4) is 0 Å². The Morgan fingerprint density at radius 2 is 1.41 bits per heavy atom. The maximum Gasteiger partial charge on any atom is 0.128 e. The fourth-order valence-electron chi connectivity index (χ4n) is 6.21. The number of fused-ring (bicyclic) bond motifs is 4. The zero-order chi connectivity index (χ0) is 32.3. The van der Waals surface area contributed by atoms with E-state index in [1.54, 1.807) is 6.20 Å². The van der Waals surface area contributed by atoms with Gasteiger partial charge in [-0.15, -0.1) is 53.6 Å². The van der Waals surface area contributed by atoms with Crippen molar-refractivity contribution in [3.63, 3.8) is 0 Å². The second-order valence-corrected chi connectivity index (χ2v) is 11.5. The first-order valence-corrected chi connectivity index (χ1v) is 15.8. The van der Waals surface area contributed by atoms with Crippen LogP contribution in [-0.2, 0) is 20.1 Å². The number of benzene rings is 5. The number of aryl methyl sites for hydroxylation is 1. The Kier molecular flexibility index (Phi) is 9.21. The minimum Gasteiger partial charge on any atom is -0.500 e. The normalized spacial score (nSPS) is 10.8. The van der Waals surface area contributed by atoms with Gasteiger partial charge < -0.3 is 14.4 Å². The first kappa shape index (κ1) is 31.8. The van der Waals surface area contributed by atoms with Crippen molar-refractivity contribution in [2.24, 2.45) is 0 Å². The van der Waals surface area contributed by atoms with Crippen LogP contribution in [0.1, 0.15) is 5.56 Å². The number of para-hydroxylation sites is 1. The van der Waals surface area contributed by atoms with Crippen molar-refractivity contribution in [3.05, 3.63) is 176 Å². The van der Waals surface area contributed by atoms with Gasteiger partial charge in [-0.2, -0.15) is 0 Å². The summed E-state index contributed by atoms with van der Waals surface area (Å²) in [6, 6.07) is 51.6. The molecule has 49 heavy (non-hydrogen) atoms. The van der Waals surface area contributed by atoms with Gasteiger partial charge in [-0.05, 0) is 51.7 Å². The maximum atomic E-state index is 6.71. The van der Waals surface area contributed by atoms with E-state index in [-0.39, 0.29) is 20.1 Å². The molecule has 0 aliphatic carbocycles. The van der Waals surface area contributed by atoms with E-state index in [4.69, 9.17) is 9.40 Å². The largest absolute Gasteiger partial charge is 0.500 e. The van der Waals surface area contributed by atoms with Gasteiger partial charge in [0.1, 0.15) is 5.58 Å². The van der Waals surface area contributed by atoms with Crippen molar-refractivity contribution in [3.8, 4) is 44.8 Å². The van der Waals surface area contributed by atoms with Crippen LogP contribution in [0.15, 0.2) is 163 Å². The van der Waals surface area contributed by atoms with E-state index in [0.717, 1.165) is 83.0 Å². The van der Waals surface area contributed by atoms with Crippen molar-refractivity contribution in [2.75, 3.05) is 0 Å². The van der Waals surface area contributed by atoms with Gasteiger partial charge in [0.15, 0.2) is 0 Å². The third-order valence-corrected chi connectivity index (χ3v) is 8.52. The zero-order valence-electron chi connectivity index (χ0n) is 26.6. The van der Waals surface area contributed by atoms with E-state index in [9.17, 15) is 0 Å². The van der Waals surface area contributed by atoms with Crippen molar-refractivity contribution in [1.29, 1.82) is 0 Å². The van der Waals surface area contributed by atoms with Gasteiger partial charge in [-0.1, -0.05) is 103 Å². The van der Waals surface area contributed by atoms with Crippen molar-refractivity contribution >= 4 is 32.7 Å². The number of rotatable bonds is 4. The zero-order valence-corrected chi connectivity index (χ0v) is 29.0. The predicted octanol–water partition coefficient (Wildman–Crippen LogP) is 11.2. The Hall–Kier alpha value is -5.74. The van der Waals surface area contributed by atoms with E-state index in [1.165, 1.54) is 0 Å². The van der Waals surface area contributed by atoms with Crippen LogP contribution in [0.4, 0.5) is 0 Å². The second kappa shape index (κ2) is 14.2. The molecule has 0 aliphatic rings. The molecule has 9 rings (SSSR count). The maximum absolute atomic E-state index is 6.71. The first-order chi connectivity index (χ1) is 23.7. The Labute approximate surface area is 298 Å². The summed E-state index contributed by atoms with van der Waals surface area (Å²) in [4.78, 5) is 13.3. The smallest absolute Gasteiger partial charge is 0.128 e. The summed E-state index contributed by atoms with van der Waals surface area (Å²) in [5.41, 5.74) is 11.0. The fourth-order valence-corrected chi connectivity index (χ4v) is 6.21. The van der Waals surface area contributed by atoms with Crippen LogP contribution in [0.2, 0.25) is 0 Å². The molecule has 0 atom stereocenters. The number of aromatic nitrogens is 3. The van der Waals surface area contributed by atoms with E-state index in [0.29, 0.717) is 0 Å². The standard InChI is InChI=1S/C33H21N2O.C11H8N.Ir/c1-21-13-14-27(30-19-24(16-18-35-30)22-7-3-2-4-8-22)33-31(21)28-12-6-11-26(32(28)36-33)25-10-5-9-23-15-17-34-20-29(23)25;1-2-6-10(7-3-1)11-8-4-5-9-12-11;/h2-13,15-20H,1H3;1-6,8-9H;/q2*-1;. The molecule has 0 amide bonds. The van der Waals surface area contributed by atoms with Gasteiger partial charge in [0, 0.05) is 61.2 Å². The molecule has 5 aromatic carbocycles. The molecule has 1 radical (unpaired) electrons. The van der Waals surface area contributed by atoms with Gasteiger partial charge in [-0.3, -0.25) is 4.98 Å². The molecule has 0 N–H and O–H groups in total. The average molecular weight is 808 g/mol.